The van der Waals surface area contributed by atoms with Gasteiger partial charge in [-0.05, 0) is 49.5 Å². The number of nitrogens with one attached hydrogen (secondary N) is 1. The number of benzene rings is 1. The molecule has 6 nitrogen and oxygen atoms in total. The molecule has 0 radical (unpaired) electrons. The lowest BCUT2D eigenvalue weighted by Crippen LogP contribution is -2.40. The highest BCUT2D eigenvalue weighted by Gasteiger charge is 2.29. The van der Waals surface area contributed by atoms with Gasteiger partial charge in [0, 0.05) is 31.5 Å². The number of nitrogens with zero attached hydrogens (tertiary/aromatic N) is 2. The first-order chi connectivity index (χ1) is 12.6. The number of hydrogen-bond donors (Lipinski definition) is 1. The van der Waals surface area contributed by atoms with Crippen LogP contribution >= 0.6 is 0 Å². The Balaban J connectivity index is 1.54. The molecule has 2 aliphatic heterocycles. The maximum Gasteiger partial charge on any atom is 0.253 e. The molecular weight excluding hydrogens is 330 g/mol. The fourth-order valence-corrected chi connectivity index (χ4v) is 3.61. The molecule has 0 saturated carbocycles. The lowest BCUT2D eigenvalue weighted by Gasteiger charge is -2.32. The van der Waals surface area contributed by atoms with Gasteiger partial charge in [-0.15, -0.1) is 0 Å². The van der Waals surface area contributed by atoms with Crippen LogP contribution in [0.1, 0.15) is 48.5 Å². The zero-order chi connectivity index (χ0) is 18.5. The highest BCUT2D eigenvalue weighted by atomic mass is 16.2. The van der Waals surface area contributed by atoms with Gasteiger partial charge in [0.2, 0.25) is 11.8 Å². The van der Waals surface area contributed by atoms with E-state index in [0.29, 0.717) is 30.9 Å². The predicted molar refractivity (Wildman–Crippen MR) is 98.4 cm³/mol. The van der Waals surface area contributed by atoms with Gasteiger partial charge in [-0.25, -0.2) is 0 Å². The molecule has 0 aliphatic carbocycles. The minimum Gasteiger partial charge on any atom is -0.339 e. The largest absolute Gasteiger partial charge is 0.339 e. The highest BCUT2D eigenvalue weighted by molar-refractivity contribution is 6.01. The Hall–Kier alpha value is -2.21. The monoisotopic (exact) mass is 357 g/mol. The van der Waals surface area contributed by atoms with E-state index in [1.54, 1.807) is 12.1 Å². The Morgan fingerprint density at radius 1 is 1.08 bits per heavy atom. The van der Waals surface area contributed by atoms with Gasteiger partial charge in [0.05, 0.1) is 6.54 Å². The molecule has 1 aromatic rings. The van der Waals surface area contributed by atoms with Gasteiger partial charge in [-0.1, -0.05) is 19.1 Å². The van der Waals surface area contributed by atoms with Crippen LogP contribution in [0.5, 0.6) is 0 Å². The maximum atomic E-state index is 12.7. The number of hydrogen-bond acceptors (Lipinski definition) is 4. The summed E-state index contributed by atoms with van der Waals surface area (Å²) in [4.78, 5) is 39.3. The summed E-state index contributed by atoms with van der Waals surface area (Å²) in [6, 6.07) is 7.27. The molecule has 1 N–H and O–H groups in total. The third kappa shape index (κ3) is 4.30. The Labute approximate surface area is 154 Å². The van der Waals surface area contributed by atoms with Crippen LogP contribution in [-0.4, -0.2) is 53.7 Å². The summed E-state index contributed by atoms with van der Waals surface area (Å²) in [6.45, 7) is 6.02. The van der Waals surface area contributed by atoms with Crippen LogP contribution in [0.3, 0.4) is 0 Å². The lowest BCUT2D eigenvalue weighted by atomic mass is 9.96. The molecule has 0 spiro atoms. The molecule has 2 heterocycles. The number of carbonyl (C=O) groups excluding carboxylic acids is 3. The Kier molecular flexibility index (Phi) is 6.04. The average molecular weight is 357 g/mol. The van der Waals surface area contributed by atoms with E-state index in [2.05, 4.69) is 12.2 Å². The van der Waals surface area contributed by atoms with Crippen molar-refractivity contribution in [1.82, 2.24) is 15.1 Å². The molecule has 0 bridgehead atoms. The summed E-state index contributed by atoms with van der Waals surface area (Å²) in [6.07, 6.45) is 2.68. The number of amides is 3. The number of rotatable bonds is 6. The van der Waals surface area contributed by atoms with E-state index in [-0.39, 0.29) is 17.7 Å². The normalized spacial score (nSPS) is 18.7. The summed E-state index contributed by atoms with van der Waals surface area (Å²) in [5, 5.41) is 3.38. The van der Waals surface area contributed by atoms with Crippen molar-refractivity contribution in [2.24, 2.45) is 5.92 Å². The van der Waals surface area contributed by atoms with Crippen molar-refractivity contribution in [2.75, 3.05) is 26.2 Å². The van der Waals surface area contributed by atoms with Crippen molar-refractivity contribution in [1.29, 1.82) is 0 Å². The fraction of sp³-hybridized carbons (Fsp3) is 0.550. The molecule has 0 aromatic heterocycles. The molecule has 2 aliphatic rings. The Morgan fingerprint density at radius 3 is 2.27 bits per heavy atom. The standard InChI is InChI=1S/C20H27N3O3/c1-2-21-13-15-9-11-22(12-10-15)20(26)17-5-3-16(4-6-17)14-23-18(24)7-8-19(23)25/h3-6,15,21H,2,7-14H2,1H3. The summed E-state index contributed by atoms with van der Waals surface area (Å²) < 4.78 is 0. The van der Waals surface area contributed by atoms with Crippen molar-refractivity contribution in [3.63, 3.8) is 0 Å². The molecule has 2 fully saturated rings. The quantitative estimate of drug-likeness (QED) is 0.788. The summed E-state index contributed by atoms with van der Waals surface area (Å²) in [7, 11) is 0. The Bertz CT molecular complexity index is 647. The van der Waals surface area contributed by atoms with Gasteiger partial charge in [-0.2, -0.15) is 0 Å². The van der Waals surface area contributed by atoms with Gasteiger partial charge in [0.25, 0.3) is 5.91 Å². The van der Waals surface area contributed by atoms with Crippen LogP contribution in [0, 0.1) is 5.92 Å². The predicted octanol–water partition coefficient (Wildman–Crippen LogP) is 1.80. The van der Waals surface area contributed by atoms with E-state index in [0.717, 1.165) is 44.6 Å². The van der Waals surface area contributed by atoms with Crippen molar-refractivity contribution in [2.45, 2.75) is 39.2 Å². The number of imide groups is 1. The topological polar surface area (TPSA) is 69.7 Å². The van der Waals surface area contributed by atoms with Crippen LogP contribution in [-0.2, 0) is 16.1 Å². The van der Waals surface area contributed by atoms with Crippen LogP contribution < -0.4 is 5.32 Å². The Morgan fingerprint density at radius 2 is 1.69 bits per heavy atom. The molecule has 2 saturated heterocycles. The maximum absolute atomic E-state index is 12.7. The number of carbonyl (C=O) groups is 3. The third-order valence-corrected chi connectivity index (χ3v) is 5.28. The number of likely N-dealkylation sites (tertiary alicyclic amines) is 2. The van der Waals surface area contributed by atoms with Crippen molar-refractivity contribution in [3.8, 4) is 0 Å². The lowest BCUT2D eigenvalue weighted by molar-refractivity contribution is -0.139. The average Bonchev–Trinajstić information content (AvgIpc) is 2.99. The minimum atomic E-state index is -0.115. The fourth-order valence-electron chi connectivity index (χ4n) is 3.61. The first kappa shape index (κ1) is 18.6. The highest BCUT2D eigenvalue weighted by Crippen LogP contribution is 2.20. The summed E-state index contributed by atoms with van der Waals surface area (Å²) in [5.74, 6) is 0.481. The van der Waals surface area contributed by atoms with Crippen LogP contribution in [0.25, 0.3) is 0 Å². The van der Waals surface area contributed by atoms with Crippen LogP contribution in [0.4, 0.5) is 0 Å². The second-order valence-corrected chi connectivity index (χ2v) is 7.11. The zero-order valence-electron chi connectivity index (χ0n) is 15.4. The summed E-state index contributed by atoms with van der Waals surface area (Å²) in [5.41, 5.74) is 1.53. The van der Waals surface area contributed by atoms with E-state index in [4.69, 9.17) is 0 Å². The second-order valence-electron chi connectivity index (χ2n) is 7.11. The molecule has 0 unspecified atom stereocenters. The van der Waals surface area contributed by atoms with Crippen molar-refractivity contribution >= 4 is 17.7 Å². The van der Waals surface area contributed by atoms with Gasteiger partial charge in [-0.3, -0.25) is 19.3 Å². The number of piperidine rings is 1. The smallest absolute Gasteiger partial charge is 0.253 e. The summed E-state index contributed by atoms with van der Waals surface area (Å²) >= 11 is 0. The first-order valence-corrected chi connectivity index (χ1v) is 9.50. The van der Waals surface area contributed by atoms with Crippen molar-refractivity contribution < 1.29 is 14.4 Å². The first-order valence-electron chi connectivity index (χ1n) is 9.50. The molecule has 26 heavy (non-hydrogen) atoms. The molecule has 140 valence electrons. The molecule has 3 amide bonds. The van der Waals surface area contributed by atoms with Crippen LogP contribution in [0.2, 0.25) is 0 Å². The molecule has 6 heteroatoms. The molecule has 1 aromatic carbocycles. The molecular formula is C20H27N3O3. The van der Waals surface area contributed by atoms with Gasteiger partial charge in [0.1, 0.15) is 0 Å². The van der Waals surface area contributed by atoms with E-state index in [9.17, 15) is 14.4 Å². The third-order valence-electron chi connectivity index (χ3n) is 5.28. The van der Waals surface area contributed by atoms with Gasteiger partial charge in [0.15, 0.2) is 0 Å². The van der Waals surface area contributed by atoms with E-state index >= 15 is 0 Å². The van der Waals surface area contributed by atoms with E-state index in [1.165, 1.54) is 4.90 Å². The SMILES string of the molecule is CCNCC1CCN(C(=O)c2ccc(CN3C(=O)CCC3=O)cc2)CC1. The second kappa shape index (κ2) is 8.45. The van der Waals surface area contributed by atoms with Gasteiger partial charge < -0.3 is 10.2 Å². The van der Waals surface area contributed by atoms with Gasteiger partial charge >= 0.3 is 0 Å². The van der Waals surface area contributed by atoms with Crippen LogP contribution in [0.15, 0.2) is 24.3 Å². The zero-order valence-corrected chi connectivity index (χ0v) is 15.4. The molecule has 3 rings (SSSR count). The van der Waals surface area contributed by atoms with E-state index in [1.807, 2.05) is 17.0 Å². The molecule has 0 atom stereocenters. The van der Waals surface area contributed by atoms with E-state index < -0.39 is 0 Å². The minimum absolute atomic E-state index is 0.0618. The van der Waals surface area contributed by atoms with Crippen molar-refractivity contribution in [3.05, 3.63) is 35.4 Å².